The smallest absolute Gasteiger partial charge is 0.324 e. The number of nitrogens with one attached hydrogen (secondary N) is 2. The van der Waals surface area contributed by atoms with Crippen LogP contribution in [0, 0.1) is 0 Å². The summed E-state index contributed by atoms with van der Waals surface area (Å²) in [4.78, 5) is 26.8. The molecule has 0 aromatic rings. The normalized spacial score (nSPS) is 23.5. The summed E-state index contributed by atoms with van der Waals surface area (Å²) in [6.45, 7) is 6.71. The Morgan fingerprint density at radius 3 is 2.75 bits per heavy atom. The van der Waals surface area contributed by atoms with Crippen LogP contribution in [0.1, 0.15) is 32.6 Å². The second-order valence-electron chi connectivity index (χ2n) is 5.65. The van der Waals surface area contributed by atoms with E-state index in [-0.39, 0.29) is 18.5 Å². The predicted octanol–water partition coefficient (Wildman–Crippen LogP) is 0.392. The van der Waals surface area contributed by atoms with Crippen LogP contribution in [0.5, 0.6) is 0 Å². The third-order valence-corrected chi connectivity index (χ3v) is 4.01. The minimum absolute atomic E-state index is 0.109. The average Bonchev–Trinajstić information content (AvgIpc) is 2.77. The second-order valence-corrected chi connectivity index (χ2v) is 5.65. The van der Waals surface area contributed by atoms with Crippen LogP contribution in [-0.4, -0.2) is 67.0 Å². The monoisotopic (exact) mass is 282 g/mol. The van der Waals surface area contributed by atoms with Gasteiger partial charge in [-0.2, -0.15) is 0 Å². The molecule has 2 saturated heterocycles. The van der Waals surface area contributed by atoms with Gasteiger partial charge in [0.25, 0.3) is 0 Å². The Hall–Kier alpha value is -1.14. The van der Waals surface area contributed by atoms with Crippen molar-refractivity contribution in [3.05, 3.63) is 0 Å². The Bertz CT molecular complexity index is 326. The molecule has 2 aliphatic rings. The molecule has 0 aliphatic carbocycles. The number of hydrogen-bond acceptors (Lipinski definition) is 4. The van der Waals surface area contributed by atoms with Gasteiger partial charge in [0.15, 0.2) is 0 Å². The molecule has 0 radical (unpaired) electrons. The van der Waals surface area contributed by atoms with Crippen molar-refractivity contribution in [2.24, 2.45) is 0 Å². The lowest BCUT2D eigenvalue weighted by molar-refractivity contribution is -0.125. The van der Waals surface area contributed by atoms with Crippen LogP contribution in [-0.2, 0) is 4.79 Å². The maximum Gasteiger partial charge on any atom is 0.324 e. The lowest BCUT2D eigenvalue weighted by Gasteiger charge is -2.31. The molecule has 2 N–H and O–H groups in total. The van der Waals surface area contributed by atoms with Crippen LogP contribution in [0.25, 0.3) is 0 Å². The molecule has 1 atom stereocenters. The number of rotatable bonds is 7. The van der Waals surface area contributed by atoms with E-state index in [0.29, 0.717) is 12.6 Å². The van der Waals surface area contributed by atoms with E-state index >= 15 is 0 Å². The highest BCUT2D eigenvalue weighted by molar-refractivity contribution is 6.01. The number of carbonyl (C=O) groups excluding carboxylic acids is 2. The van der Waals surface area contributed by atoms with Crippen LogP contribution in [0.3, 0.4) is 0 Å². The van der Waals surface area contributed by atoms with E-state index in [0.717, 1.165) is 32.6 Å². The fourth-order valence-corrected chi connectivity index (χ4v) is 2.93. The zero-order valence-electron chi connectivity index (χ0n) is 12.4. The van der Waals surface area contributed by atoms with E-state index in [9.17, 15) is 9.59 Å². The van der Waals surface area contributed by atoms with E-state index < -0.39 is 0 Å². The number of amides is 3. The quantitative estimate of drug-likeness (QED) is 0.663. The first kappa shape index (κ1) is 15.3. The first-order valence-corrected chi connectivity index (χ1v) is 7.74. The Morgan fingerprint density at radius 1 is 1.30 bits per heavy atom. The van der Waals surface area contributed by atoms with Crippen molar-refractivity contribution in [2.75, 3.05) is 39.3 Å². The van der Waals surface area contributed by atoms with Gasteiger partial charge in [0.05, 0.1) is 6.54 Å². The number of urea groups is 1. The Labute approximate surface area is 120 Å². The lowest BCUT2D eigenvalue weighted by atomic mass is 10.0. The number of carbonyl (C=O) groups is 2. The maximum absolute atomic E-state index is 11.6. The largest absolute Gasteiger partial charge is 0.329 e. The highest BCUT2D eigenvalue weighted by Gasteiger charge is 2.28. The van der Waals surface area contributed by atoms with Gasteiger partial charge in [0.2, 0.25) is 5.91 Å². The van der Waals surface area contributed by atoms with Gasteiger partial charge in [-0.3, -0.25) is 9.69 Å². The van der Waals surface area contributed by atoms with Crippen molar-refractivity contribution < 1.29 is 9.59 Å². The van der Waals surface area contributed by atoms with Crippen LogP contribution in [0.2, 0.25) is 0 Å². The maximum atomic E-state index is 11.6. The van der Waals surface area contributed by atoms with E-state index in [1.54, 1.807) is 0 Å². The number of nitrogens with zero attached hydrogens (tertiary/aromatic N) is 2. The Morgan fingerprint density at radius 2 is 2.15 bits per heavy atom. The molecule has 6 heteroatoms. The molecule has 114 valence electrons. The van der Waals surface area contributed by atoms with Gasteiger partial charge < -0.3 is 15.5 Å². The molecule has 0 saturated carbocycles. The number of hydrogen-bond donors (Lipinski definition) is 2. The summed E-state index contributed by atoms with van der Waals surface area (Å²) in [5.41, 5.74) is 0. The molecule has 2 rings (SSSR count). The molecule has 2 aliphatic heterocycles. The molecule has 3 amide bonds. The van der Waals surface area contributed by atoms with Crippen molar-refractivity contribution in [1.29, 1.82) is 0 Å². The van der Waals surface area contributed by atoms with Crippen molar-refractivity contribution in [3.63, 3.8) is 0 Å². The van der Waals surface area contributed by atoms with Gasteiger partial charge in [-0.05, 0) is 32.4 Å². The fraction of sp³-hybridized carbons (Fsp3) is 0.857. The van der Waals surface area contributed by atoms with Gasteiger partial charge in [-0.15, -0.1) is 0 Å². The van der Waals surface area contributed by atoms with Gasteiger partial charge >= 0.3 is 6.03 Å². The van der Waals surface area contributed by atoms with Crippen LogP contribution in [0.4, 0.5) is 4.79 Å². The summed E-state index contributed by atoms with van der Waals surface area (Å²) in [6.07, 6.45) is 4.88. The molecule has 20 heavy (non-hydrogen) atoms. The first-order chi connectivity index (χ1) is 9.70. The summed E-state index contributed by atoms with van der Waals surface area (Å²) >= 11 is 0. The number of imide groups is 1. The van der Waals surface area contributed by atoms with Crippen molar-refractivity contribution in [2.45, 2.75) is 38.6 Å². The third kappa shape index (κ3) is 4.18. The van der Waals surface area contributed by atoms with Gasteiger partial charge in [0, 0.05) is 25.7 Å². The molecule has 0 aromatic carbocycles. The van der Waals surface area contributed by atoms with Crippen LogP contribution in [0.15, 0.2) is 0 Å². The molecule has 2 heterocycles. The fourth-order valence-electron chi connectivity index (χ4n) is 2.93. The predicted molar refractivity (Wildman–Crippen MR) is 77.5 cm³/mol. The van der Waals surface area contributed by atoms with Crippen molar-refractivity contribution in [1.82, 2.24) is 20.4 Å². The minimum Gasteiger partial charge on any atom is -0.329 e. The molecule has 0 spiro atoms. The van der Waals surface area contributed by atoms with Gasteiger partial charge in [0.1, 0.15) is 0 Å². The molecule has 1 unspecified atom stereocenters. The van der Waals surface area contributed by atoms with Crippen molar-refractivity contribution >= 4 is 11.9 Å². The standard InChI is InChI=1S/C14H26N4O2/c1-2-7-17(11-12-5-3-4-6-15-12)8-9-18-13(19)10-16-14(18)20/h12,15H,2-11H2,1H3,(H,16,20). The van der Waals surface area contributed by atoms with Gasteiger partial charge in [-0.25, -0.2) is 4.79 Å². The SMILES string of the molecule is CCCN(CCN1C(=O)CNC1=O)CC1CCCCN1. The molecule has 2 fully saturated rings. The Balaban J connectivity index is 1.79. The zero-order valence-corrected chi connectivity index (χ0v) is 12.4. The highest BCUT2D eigenvalue weighted by atomic mass is 16.2. The van der Waals surface area contributed by atoms with Crippen LogP contribution >= 0.6 is 0 Å². The van der Waals surface area contributed by atoms with Crippen molar-refractivity contribution in [3.8, 4) is 0 Å². The van der Waals surface area contributed by atoms with E-state index in [4.69, 9.17) is 0 Å². The summed E-state index contributed by atoms with van der Waals surface area (Å²) in [7, 11) is 0. The molecule has 0 aromatic heterocycles. The summed E-state index contributed by atoms with van der Waals surface area (Å²) in [5, 5.41) is 6.12. The highest BCUT2D eigenvalue weighted by Crippen LogP contribution is 2.09. The Kier molecular flexibility index (Phi) is 5.79. The molecule has 6 nitrogen and oxygen atoms in total. The van der Waals surface area contributed by atoms with Crippen LogP contribution < -0.4 is 10.6 Å². The van der Waals surface area contributed by atoms with Gasteiger partial charge in [-0.1, -0.05) is 13.3 Å². The van der Waals surface area contributed by atoms with E-state index in [2.05, 4.69) is 22.5 Å². The summed E-state index contributed by atoms with van der Waals surface area (Å²) in [6, 6.07) is 0.306. The second kappa shape index (κ2) is 7.59. The summed E-state index contributed by atoms with van der Waals surface area (Å²) < 4.78 is 0. The third-order valence-electron chi connectivity index (χ3n) is 4.01. The summed E-state index contributed by atoms with van der Waals surface area (Å²) in [5.74, 6) is -0.109. The number of piperidine rings is 1. The minimum atomic E-state index is -0.248. The van der Waals surface area contributed by atoms with E-state index in [1.165, 1.54) is 24.2 Å². The molecular weight excluding hydrogens is 256 g/mol. The zero-order chi connectivity index (χ0) is 14.4. The molecule has 0 bridgehead atoms. The lowest BCUT2D eigenvalue weighted by Crippen LogP contribution is -2.46. The van der Waals surface area contributed by atoms with E-state index in [1.807, 2.05) is 0 Å². The topological polar surface area (TPSA) is 64.7 Å². The molecular formula is C14H26N4O2. The first-order valence-electron chi connectivity index (χ1n) is 7.74. The average molecular weight is 282 g/mol.